The van der Waals surface area contributed by atoms with Gasteiger partial charge in [-0.05, 0) is 5.56 Å². The molecule has 0 radical (unpaired) electrons. The Balaban J connectivity index is 1.65. The molecule has 0 amide bonds. The first-order valence-corrected chi connectivity index (χ1v) is 6.85. The maximum absolute atomic E-state index is 10.8. The van der Waals surface area contributed by atoms with E-state index in [1.54, 1.807) is 11.8 Å². The van der Waals surface area contributed by atoms with E-state index in [4.69, 9.17) is 14.2 Å². The van der Waals surface area contributed by atoms with Gasteiger partial charge in [-0.2, -0.15) is 0 Å². The molecule has 0 N–H and O–H groups in total. The minimum absolute atomic E-state index is 0.0573. The Morgan fingerprint density at radius 1 is 1.44 bits per heavy atom. The van der Waals surface area contributed by atoms with E-state index >= 15 is 0 Å². The predicted molar refractivity (Wildman–Crippen MR) is 69.0 cm³/mol. The number of thioether (sulfide) groups is 1. The molecule has 2 unspecified atom stereocenters. The van der Waals surface area contributed by atoms with Crippen LogP contribution in [0.25, 0.3) is 0 Å². The predicted octanol–water partition coefficient (Wildman–Crippen LogP) is 2.18. The van der Waals surface area contributed by atoms with Crippen molar-refractivity contribution >= 4 is 17.7 Å². The van der Waals surface area contributed by atoms with E-state index in [0.717, 1.165) is 5.56 Å². The van der Waals surface area contributed by atoms with Gasteiger partial charge in [-0.3, -0.25) is 4.79 Å². The van der Waals surface area contributed by atoms with Crippen molar-refractivity contribution in [3.63, 3.8) is 0 Å². The summed E-state index contributed by atoms with van der Waals surface area (Å²) < 4.78 is 16.0. The van der Waals surface area contributed by atoms with Gasteiger partial charge >= 0.3 is 5.97 Å². The molecule has 1 aliphatic rings. The van der Waals surface area contributed by atoms with Crippen molar-refractivity contribution in [3.05, 3.63) is 35.9 Å². The van der Waals surface area contributed by atoms with Crippen molar-refractivity contribution in [3.8, 4) is 0 Å². The molecule has 18 heavy (non-hydrogen) atoms. The highest BCUT2D eigenvalue weighted by Gasteiger charge is 2.27. The van der Waals surface area contributed by atoms with Crippen LogP contribution in [0.1, 0.15) is 12.5 Å². The fourth-order valence-corrected chi connectivity index (χ4v) is 2.53. The Bertz CT molecular complexity index is 382. The first-order valence-electron chi connectivity index (χ1n) is 5.80. The molecular formula is C13H16O4S. The third-order valence-electron chi connectivity index (χ3n) is 2.38. The maximum Gasteiger partial charge on any atom is 0.304 e. The molecule has 1 aliphatic heterocycles. The second-order valence-electron chi connectivity index (χ2n) is 3.94. The minimum Gasteiger partial charge on any atom is -0.435 e. The van der Waals surface area contributed by atoms with Crippen molar-refractivity contribution in [2.75, 3.05) is 12.4 Å². The molecule has 2 atom stereocenters. The van der Waals surface area contributed by atoms with Gasteiger partial charge in [0.25, 0.3) is 0 Å². The number of rotatable bonds is 5. The average molecular weight is 268 g/mol. The molecule has 0 saturated carbocycles. The van der Waals surface area contributed by atoms with E-state index < -0.39 is 6.29 Å². The number of hydrogen-bond acceptors (Lipinski definition) is 5. The fourth-order valence-electron chi connectivity index (χ4n) is 1.62. The van der Waals surface area contributed by atoms with Crippen LogP contribution in [0.5, 0.6) is 0 Å². The Kier molecular flexibility index (Phi) is 5.04. The van der Waals surface area contributed by atoms with Crippen LogP contribution in [0, 0.1) is 0 Å². The third kappa shape index (κ3) is 4.33. The minimum atomic E-state index is -0.433. The molecule has 1 fully saturated rings. The monoisotopic (exact) mass is 268 g/mol. The largest absolute Gasteiger partial charge is 0.435 e. The van der Waals surface area contributed by atoms with Gasteiger partial charge in [0.05, 0.1) is 19.0 Å². The van der Waals surface area contributed by atoms with Gasteiger partial charge in [0.1, 0.15) is 5.44 Å². The van der Waals surface area contributed by atoms with Crippen LogP contribution in [-0.4, -0.2) is 30.1 Å². The molecule has 1 aromatic carbocycles. The Hall–Kier alpha value is -1.04. The lowest BCUT2D eigenvalue weighted by Gasteiger charge is -2.12. The van der Waals surface area contributed by atoms with E-state index in [1.807, 2.05) is 30.3 Å². The van der Waals surface area contributed by atoms with Crippen molar-refractivity contribution in [2.24, 2.45) is 0 Å². The van der Waals surface area contributed by atoms with Crippen molar-refractivity contribution < 1.29 is 19.0 Å². The quantitative estimate of drug-likeness (QED) is 0.766. The first kappa shape index (κ1) is 13.4. The third-order valence-corrected chi connectivity index (χ3v) is 3.47. The van der Waals surface area contributed by atoms with Gasteiger partial charge in [-0.15, -0.1) is 11.8 Å². The van der Waals surface area contributed by atoms with Gasteiger partial charge in [0.2, 0.25) is 6.29 Å². The standard InChI is InChI=1S/C13H16O4S/c1-10(14)16-12-9-18-13(17-12)8-15-7-11-5-3-2-4-6-11/h2-6,12-13H,7-9H2,1H3. The topological polar surface area (TPSA) is 44.8 Å². The number of esters is 1. The summed E-state index contributed by atoms with van der Waals surface area (Å²) in [4.78, 5) is 10.8. The van der Waals surface area contributed by atoms with Crippen LogP contribution < -0.4 is 0 Å². The average Bonchev–Trinajstić information content (AvgIpc) is 2.77. The van der Waals surface area contributed by atoms with Gasteiger partial charge in [0.15, 0.2) is 0 Å². The molecule has 0 aromatic heterocycles. The summed E-state index contributed by atoms with van der Waals surface area (Å²) >= 11 is 1.60. The van der Waals surface area contributed by atoms with E-state index in [-0.39, 0.29) is 11.4 Å². The number of ether oxygens (including phenoxy) is 3. The van der Waals surface area contributed by atoms with Crippen molar-refractivity contribution in [2.45, 2.75) is 25.3 Å². The zero-order valence-corrected chi connectivity index (χ0v) is 11.0. The van der Waals surface area contributed by atoms with Gasteiger partial charge in [-0.25, -0.2) is 0 Å². The number of carbonyl (C=O) groups excluding carboxylic acids is 1. The fraction of sp³-hybridized carbons (Fsp3) is 0.462. The van der Waals surface area contributed by atoms with Crippen LogP contribution in [0.2, 0.25) is 0 Å². The summed E-state index contributed by atoms with van der Waals surface area (Å²) in [6, 6.07) is 9.98. The smallest absolute Gasteiger partial charge is 0.304 e. The SMILES string of the molecule is CC(=O)OC1CSC(COCc2ccccc2)O1. The summed E-state index contributed by atoms with van der Waals surface area (Å²) in [7, 11) is 0. The Labute approximate surface area is 111 Å². The summed E-state index contributed by atoms with van der Waals surface area (Å²) in [5.74, 6) is 0.352. The van der Waals surface area contributed by atoms with E-state index in [1.165, 1.54) is 6.92 Å². The molecule has 2 rings (SSSR count). The molecule has 4 nitrogen and oxygen atoms in total. The van der Waals surface area contributed by atoms with Crippen LogP contribution in [0.4, 0.5) is 0 Å². The van der Waals surface area contributed by atoms with Gasteiger partial charge < -0.3 is 14.2 Å². The zero-order valence-electron chi connectivity index (χ0n) is 10.2. The Morgan fingerprint density at radius 3 is 2.94 bits per heavy atom. The zero-order chi connectivity index (χ0) is 12.8. The van der Waals surface area contributed by atoms with Crippen LogP contribution in [-0.2, 0) is 25.6 Å². The van der Waals surface area contributed by atoms with E-state index in [9.17, 15) is 4.79 Å². The lowest BCUT2D eigenvalue weighted by Crippen LogP contribution is -2.20. The second-order valence-corrected chi connectivity index (χ2v) is 5.13. The molecule has 1 aromatic rings. The molecule has 0 bridgehead atoms. The van der Waals surface area contributed by atoms with E-state index in [0.29, 0.717) is 19.0 Å². The van der Waals surface area contributed by atoms with Gasteiger partial charge in [-0.1, -0.05) is 30.3 Å². The second kappa shape index (κ2) is 6.78. The van der Waals surface area contributed by atoms with Crippen LogP contribution in [0.15, 0.2) is 30.3 Å². The molecule has 98 valence electrons. The molecular weight excluding hydrogens is 252 g/mol. The Morgan fingerprint density at radius 2 is 2.22 bits per heavy atom. The normalized spacial score (nSPS) is 22.9. The summed E-state index contributed by atoms with van der Waals surface area (Å²) in [6.45, 7) is 2.45. The molecule has 0 aliphatic carbocycles. The number of hydrogen-bond donors (Lipinski definition) is 0. The number of carbonyl (C=O) groups is 1. The molecule has 1 saturated heterocycles. The van der Waals surface area contributed by atoms with Crippen LogP contribution in [0.3, 0.4) is 0 Å². The summed E-state index contributed by atoms with van der Waals surface area (Å²) in [5.41, 5.74) is 1.08. The first-order chi connectivity index (χ1) is 8.74. The molecule has 5 heteroatoms. The maximum atomic E-state index is 10.8. The summed E-state index contributed by atoms with van der Waals surface area (Å²) in [5, 5.41) is 0. The lowest BCUT2D eigenvalue weighted by molar-refractivity contribution is -0.173. The summed E-state index contributed by atoms with van der Waals surface area (Å²) in [6.07, 6.45) is -0.433. The van der Waals surface area contributed by atoms with Crippen molar-refractivity contribution in [1.29, 1.82) is 0 Å². The lowest BCUT2D eigenvalue weighted by atomic mass is 10.2. The van der Waals surface area contributed by atoms with Crippen LogP contribution >= 0.6 is 11.8 Å². The highest BCUT2D eigenvalue weighted by Crippen LogP contribution is 2.26. The van der Waals surface area contributed by atoms with Crippen molar-refractivity contribution in [1.82, 2.24) is 0 Å². The highest BCUT2D eigenvalue weighted by molar-refractivity contribution is 8.00. The number of benzene rings is 1. The van der Waals surface area contributed by atoms with Gasteiger partial charge in [0, 0.05) is 6.92 Å². The van der Waals surface area contributed by atoms with E-state index in [2.05, 4.69) is 0 Å². The highest BCUT2D eigenvalue weighted by atomic mass is 32.2. The molecule has 0 spiro atoms. The molecule has 1 heterocycles.